The summed E-state index contributed by atoms with van der Waals surface area (Å²) in [6.45, 7) is 3.02. The highest BCUT2D eigenvalue weighted by molar-refractivity contribution is 5.76. The second kappa shape index (κ2) is 6.51. The maximum atomic E-state index is 11.2. The lowest BCUT2D eigenvalue weighted by molar-refractivity contribution is -0.383. The van der Waals surface area contributed by atoms with Gasteiger partial charge in [-0.05, 0) is 30.7 Å². The van der Waals surface area contributed by atoms with E-state index in [0.29, 0.717) is 24.5 Å². The summed E-state index contributed by atoms with van der Waals surface area (Å²) in [5.41, 5.74) is 2.06. The Morgan fingerprint density at radius 2 is 1.95 bits per heavy atom. The highest BCUT2D eigenvalue weighted by Gasteiger charge is 2.18. The molecule has 0 atom stereocenters. The van der Waals surface area contributed by atoms with Crippen LogP contribution in [0.4, 0.5) is 17.1 Å². The maximum Gasteiger partial charge on any atom is 0.315 e. The predicted octanol–water partition coefficient (Wildman–Crippen LogP) is 3.03. The van der Waals surface area contributed by atoms with Crippen molar-refractivity contribution in [1.29, 1.82) is 0 Å². The molecule has 6 nitrogen and oxygen atoms in total. The van der Waals surface area contributed by atoms with E-state index in [1.54, 1.807) is 30.6 Å². The lowest BCUT2D eigenvalue weighted by atomic mass is 10.2. The zero-order chi connectivity index (χ0) is 14.4. The molecular weight excluding hydrogens is 256 g/mol. The number of aromatic nitrogens is 1. The largest absolute Gasteiger partial charge is 0.380 e. The van der Waals surface area contributed by atoms with Gasteiger partial charge in [0.25, 0.3) is 0 Å². The molecule has 0 fully saturated rings. The maximum absolute atomic E-state index is 11.2. The Hall–Kier alpha value is -2.63. The summed E-state index contributed by atoms with van der Waals surface area (Å²) in [6.07, 6.45) is 3.42. The molecule has 0 aliphatic heterocycles. The number of nitro groups is 1. The van der Waals surface area contributed by atoms with E-state index in [1.807, 2.05) is 19.1 Å². The van der Waals surface area contributed by atoms with E-state index in [0.717, 1.165) is 5.56 Å². The second-order valence-electron chi connectivity index (χ2n) is 4.20. The van der Waals surface area contributed by atoms with Crippen molar-refractivity contribution >= 4 is 17.1 Å². The molecule has 1 aromatic carbocycles. The van der Waals surface area contributed by atoms with Gasteiger partial charge in [-0.3, -0.25) is 15.1 Å². The smallest absolute Gasteiger partial charge is 0.315 e. The van der Waals surface area contributed by atoms with Crippen molar-refractivity contribution in [2.24, 2.45) is 0 Å². The number of benzene rings is 1. The molecule has 20 heavy (non-hydrogen) atoms. The van der Waals surface area contributed by atoms with Gasteiger partial charge in [0.05, 0.1) is 4.92 Å². The van der Waals surface area contributed by atoms with E-state index < -0.39 is 0 Å². The van der Waals surface area contributed by atoms with Crippen molar-refractivity contribution < 1.29 is 4.92 Å². The molecule has 0 aliphatic rings. The van der Waals surface area contributed by atoms with E-state index in [2.05, 4.69) is 15.6 Å². The van der Waals surface area contributed by atoms with Gasteiger partial charge in [0, 0.05) is 25.5 Å². The summed E-state index contributed by atoms with van der Waals surface area (Å²) >= 11 is 0. The molecule has 104 valence electrons. The standard InChI is InChI=1S/C14H16N4O2/c1-2-16-12-6-3-7-13(14(12)18(19)20)17-10-11-5-4-8-15-9-11/h3-9,16-17H,2,10H2,1H3. The highest BCUT2D eigenvalue weighted by atomic mass is 16.6. The first-order valence-electron chi connectivity index (χ1n) is 6.36. The summed E-state index contributed by atoms with van der Waals surface area (Å²) < 4.78 is 0. The number of nitro benzene ring substituents is 1. The quantitative estimate of drug-likeness (QED) is 0.624. The molecule has 0 bridgehead atoms. The fourth-order valence-corrected chi connectivity index (χ4v) is 1.92. The Morgan fingerprint density at radius 3 is 2.55 bits per heavy atom. The Balaban J connectivity index is 2.22. The predicted molar refractivity (Wildman–Crippen MR) is 78.8 cm³/mol. The molecule has 0 unspecified atom stereocenters. The van der Waals surface area contributed by atoms with Crippen LogP contribution in [0.3, 0.4) is 0 Å². The fraction of sp³-hybridized carbons (Fsp3) is 0.214. The average molecular weight is 272 g/mol. The van der Waals surface area contributed by atoms with Gasteiger partial charge in [-0.15, -0.1) is 0 Å². The van der Waals surface area contributed by atoms with E-state index in [4.69, 9.17) is 0 Å². The summed E-state index contributed by atoms with van der Waals surface area (Å²) in [7, 11) is 0. The van der Waals surface area contributed by atoms with Gasteiger partial charge in [-0.2, -0.15) is 0 Å². The molecule has 0 aliphatic carbocycles. The molecule has 2 N–H and O–H groups in total. The van der Waals surface area contributed by atoms with Crippen LogP contribution in [0.1, 0.15) is 12.5 Å². The first kappa shape index (κ1) is 13.8. The Labute approximate surface area is 117 Å². The van der Waals surface area contributed by atoms with Crippen LogP contribution < -0.4 is 10.6 Å². The molecule has 2 aromatic rings. The highest BCUT2D eigenvalue weighted by Crippen LogP contribution is 2.32. The molecule has 0 spiro atoms. The third-order valence-electron chi connectivity index (χ3n) is 2.79. The molecule has 0 saturated heterocycles. The molecule has 0 amide bonds. The minimum atomic E-state index is -0.371. The molecule has 1 heterocycles. The number of rotatable bonds is 6. The van der Waals surface area contributed by atoms with Crippen molar-refractivity contribution in [3.05, 3.63) is 58.4 Å². The zero-order valence-electron chi connectivity index (χ0n) is 11.2. The van der Waals surface area contributed by atoms with Crippen molar-refractivity contribution in [3.63, 3.8) is 0 Å². The SMILES string of the molecule is CCNc1cccc(NCc2cccnc2)c1[N+](=O)[O-]. The van der Waals surface area contributed by atoms with Crippen LogP contribution in [0.25, 0.3) is 0 Å². The Morgan fingerprint density at radius 1 is 1.20 bits per heavy atom. The summed E-state index contributed by atoms with van der Waals surface area (Å²) in [5.74, 6) is 0. The molecule has 0 saturated carbocycles. The zero-order valence-corrected chi connectivity index (χ0v) is 11.2. The topological polar surface area (TPSA) is 80.1 Å². The van der Waals surface area contributed by atoms with E-state index in [1.165, 1.54) is 0 Å². The Kier molecular flexibility index (Phi) is 4.49. The minimum absolute atomic E-state index is 0.0678. The van der Waals surface area contributed by atoms with Gasteiger partial charge in [0.2, 0.25) is 0 Å². The van der Waals surface area contributed by atoms with Crippen molar-refractivity contribution in [3.8, 4) is 0 Å². The van der Waals surface area contributed by atoms with Crippen LogP contribution >= 0.6 is 0 Å². The van der Waals surface area contributed by atoms with Crippen LogP contribution in [0.5, 0.6) is 0 Å². The van der Waals surface area contributed by atoms with Crippen LogP contribution in [0.2, 0.25) is 0 Å². The van der Waals surface area contributed by atoms with Crippen molar-refractivity contribution in [2.75, 3.05) is 17.2 Å². The number of hydrogen-bond acceptors (Lipinski definition) is 5. The summed E-state index contributed by atoms with van der Waals surface area (Å²) in [6, 6.07) is 8.95. The average Bonchev–Trinajstić information content (AvgIpc) is 2.46. The first-order valence-corrected chi connectivity index (χ1v) is 6.36. The normalized spacial score (nSPS) is 10.1. The van der Waals surface area contributed by atoms with Gasteiger partial charge in [0.1, 0.15) is 11.4 Å². The first-order chi connectivity index (χ1) is 9.72. The molecule has 6 heteroatoms. The van der Waals surface area contributed by atoms with Crippen molar-refractivity contribution in [1.82, 2.24) is 4.98 Å². The van der Waals surface area contributed by atoms with Gasteiger partial charge < -0.3 is 10.6 Å². The van der Waals surface area contributed by atoms with E-state index in [9.17, 15) is 10.1 Å². The second-order valence-corrected chi connectivity index (χ2v) is 4.20. The summed E-state index contributed by atoms with van der Waals surface area (Å²) in [4.78, 5) is 14.9. The number of nitrogens with zero attached hydrogens (tertiary/aromatic N) is 2. The van der Waals surface area contributed by atoms with Gasteiger partial charge >= 0.3 is 5.69 Å². The lowest BCUT2D eigenvalue weighted by Crippen LogP contribution is -2.06. The molecule has 1 aromatic heterocycles. The number of nitrogens with one attached hydrogen (secondary N) is 2. The van der Waals surface area contributed by atoms with E-state index in [-0.39, 0.29) is 10.6 Å². The van der Waals surface area contributed by atoms with Gasteiger partial charge in [0.15, 0.2) is 0 Å². The third-order valence-corrected chi connectivity index (χ3v) is 2.79. The third kappa shape index (κ3) is 3.23. The van der Waals surface area contributed by atoms with Crippen LogP contribution in [0, 0.1) is 10.1 Å². The van der Waals surface area contributed by atoms with Crippen LogP contribution in [0.15, 0.2) is 42.7 Å². The fourth-order valence-electron chi connectivity index (χ4n) is 1.92. The number of anilines is 2. The van der Waals surface area contributed by atoms with Gasteiger partial charge in [-0.25, -0.2) is 0 Å². The minimum Gasteiger partial charge on any atom is -0.380 e. The van der Waals surface area contributed by atoms with Crippen LogP contribution in [-0.4, -0.2) is 16.5 Å². The molecular formula is C14H16N4O2. The monoisotopic (exact) mass is 272 g/mol. The number of hydrogen-bond donors (Lipinski definition) is 2. The van der Waals surface area contributed by atoms with Crippen molar-refractivity contribution in [2.45, 2.75) is 13.5 Å². The Bertz CT molecular complexity index is 587. The number of para-hydroxylation sites is 1. The number of pyridine rings is 1. The molecule has 0 radical (unpaired) electrons. The lowest BCUT2D eigenvalue weighted by Gasteiger charge is -2.10. The van der Waals surface area contributed by atoms with Gasteiger partial charge in [-0.1, -0.05) is 12.1 Å². The molecule has 2 rings (SSSR count). The van der Waals surface area contributed by atoms with E-state index >= 15 is 0 Å². The summed E-state index contributed by atoms with van der Waals surface area (Å²) in [5, 5.41) is 17.3. The van der Waals surface area contributed by atoms with Crippen LogP contribution in [-0.2, 0) is 6.54 Å².